The molecule has 0 aliphatic heterocycles. The number of nitrogen functional groups attached to an aromatic ring is 1. The molecule has 4 heteroatoms. The van der Waals surface area contributed by atoms with E-state index in [4.69, 9.17) is 5.84 Å². The van der Waals surface area contributed by atoms with Gasteiger partial charge in [-0.25, -0.2) is 5.84 Å². The van der Waals surface area contributed by atoms with Crippen molar-refractivity contribution in [3.63, 3.8) is 0 Å². The van der Waals surface area contributed by atoms with Crippen LogP contribution >= 0.6 is 0 Å². The molecule has 0 saturated heterocycles. The van der Waals surface area contributed by atoms with Crippen LogP contribution in [0.4, 0.5) is 0 Å². The van der Waals surface area contributed by atoms with Gasteiger partial charge in [-0.3, -0.25) is 10.2 Å². The maximum Gasteiger partial charge on any atom is 0.267 e. The van der Waals surface area contributed by atoms with Crippen molar-refractivity contribution < 1.29 is 4.79 Å². The summed E-state index contributed by atoms with van der Waals surface area (Å²) < 4.78 is 2.14. The van der Waals surface area contributed by atoms with Gasteiger partial charge in [-0.1, -0.05) is 0 Å². The number of hydrogen-bond acceptors (Lipinski definition) is 2. The average Bonchev–Trinajstić information content (AvgIpc) is 2.39. The summed E-state index contributed by atoms with van der Waals surface area (Å²) in [6.07, 6.45) is 0. The summed E-state index contributed by atoms with van der Waals surface area (Å²) in [5, 5.41) is 0. The number of hydrazine groups is 1. The average molecular weight is 209 g/mol. The lowest BCUT2D eigenvalue weighted by molar-refractivity contribution is 0.0953. The van der Waals surface area contributed by atoms with Crippen molar-refractivity contribution in [2.45, 2.75) is 40.2 Å². The SMILES string of the molecule is Cc1cc(C(=O)NN)c(C)n1C(C)(C)C. The van der Waals surface area contributed by atoms with E-state index >= 15 is 0 Å². The molecule has 1 amide bonds. The standard InChI is InChI=1S/C11H19N3O/c1-7-6-9(10(15)13-12)8(2)14(7)11(3,4)5/h6H,12H2,1-5H3,(H,13,15). The van der Waals surface area contributed by atoms with E-state index in [-0.39, 0.29) is 11.4 Å². The number of carbonyl (C=O) groups is 1. The van der Waals surface area contributed by atoms with E-state index in [0.717, 1.165) is 11.4 Å². The summed E-state index contributed by atoms with van der Waals surface area (Å²) >= 11 is 0. The lowest BCUT2D eigenvalue weighted by atomic mass is 10.1. The van der Waals surface area contributed by atoms with Gasteiger partial charge in [0.1, 0.15) is 0 Å². The predicted molar refractivity (Wildman–Crippen MR) is 60.6 cm³/mol. The van der Waals surface area contributed by atoms with Crippen molar-refractivity contribution in [2.24, 2.45) is 5.84 Å². The third kappa shape index (κ3) is 2.04. The van der Waals surface area contributed by atoms with Gasteiger partial charge in [0.05, 0.1) is 5.56 Å². The minimum absolute atomic E-state index is 0.0265. The van der Waals surface area contributed by atoms with E-state index in [2.05, 4.69) is 30.8 Å². The fourth-order valence-electron chi connectivity index (χ4n) is 2.10. The van der Waals surface area contributed by atoms with Gasteiger partial charge in [-0.05, 0) is 40.7 Å². The monoisotopic (exact) mass is 209 g/mol. The number of carbonyl (C=O) groups excluding carboxylic acids is 1. The zero-order chi connectivity index (χ0) is 11.8. The normalized spacial score (nSPS) is 11.6. The number of nitrogens with zero attached hydrogens (tertiary/aromatic N) is 1. The summed E-state index contributed by atoms with van der Waals surface area (Å²) in [4.78, 5) is 11.5. The predicted octanol–water partition coefficient (Wildman–Crippen LogP) is 1.46. The summed E-state index contributed by atoms with van der Waals surface area (Å²) in [6.45, 7) is 10.2. The molecule has 0 saturated carbocycles. The van der Waals surface area contributed by atoms with Gasteiger partial charge in [-0.2, -0.15) is 0 Å². The van der Waals surface area contributed by atoms with E-state index in [1.165, 1.54) is 0 Å². The second-order valence-electron chi connectivity index (χ2n) is 4.76. The maximum atomic E-state index is 11.5. The van der Waals surface area contributed by atoms with Crippen molar-refractivity contribution in [1.82, 2.24) is 9.99 Å². The van der Waals surface area contributed by atoms with Gasteiger partial charge in [0.25, 0.3) is 5.91 Å². The van der Waals surface area contributed by atoms with Crippen LogP contribution in [0.15, 0.2) is 6.07 Å². The van der Waals surface area contributed by atoms with E-state index in [1.54, 1.807) is 0 Å². The Bertz CT molecular complexity index is 385. The molecule has 84 valence electrons. The highest BCUT2D eigenvalue weighted by atomic mass is 16.2. The van der Waals surface area contributed by atoms with Gasteiger partial charge < -0.3 is 4.57 Å². The molecule has 1 heterocycles. The van der Waals surface area contributed by atoms with Crippen LogP contribution in [0.5, 0.6) is 0 Å². The molecule has 0 aromatic carbocycles. The second-order valence-corrected chi connectivity index (χ2v) is 4.76. The maximum absolute atomic E-state index is 11.5. The summed E-state index contributed by atoms with van der Waals surface area (Å²) in [5.74, 6) is 4.90. The van der Waals surface area contributed by atoms with Crippen LogP contribution in [-0.2, 0) is 5.54 Å². The zero-order valence-corrected chi connectivity index (χ0v) is 10.0. The largest absolute Gasteiger partial charge is 0.343 e. The van der Waals surface area contributed by atoms with Gasteiger partial charge in [-0.15, -0.1) is 0 Å². The Morgan fingerprint density at radius 2 is 1.93 bits per heavy atom. The van der Waals surface area contributed by atoms with Crippen molar-refractivity contribution in [2.75, 3.05) is 0 Å². The van der Waals surface area contributed by atoms with Crippen LogP contribution in [0.3, 0.4) is 0 Å². The molecule has 0 atom stereocenters. The highest BCUT2D eigenvalue weighted by molar-refractivity contribution is 5.95. The van der Waals surface area contributed by atoms with Crippen LogP contribution in [0.25, 0.3) is 0 Å². The van der Waals surface area contributed by atoms with Crippen LogP contribution in [0.2, 0.25) is 0 Å². The first-order valence-electron chi connectivity index (χ1n) is 4.99. The molecule has 0 bridgehead atoms. The molecular weight excluding hydrogens is 190 g/mol. The molecule has 3 N–H and O–H groups in total. The first-order valence-corrected chi connectivity index (χ1v) is 4.99. The smallest absolute Gasteiger partial charge is 0.267 e. The number of aromatic nitrogens is 1. The van der Waals surface area contributed by atoms with E-state index in [9.17, 15) is 4.79 Å². The molecule has 0 spiro atoms. The molecule has 0 unspecified atom stereocenters. The Morgan fingerprint density at radius 3 is 2.27 bits per heavy atom. The molecule has 4 nitrogen and oxygen atoms in total. The molecule has 0 aliphatic rings. The topological polar surface area (TPSA) is 60.1 Å². The second kappa shape index (κ2) is 3.70. The lowest BCUT2D eigenvalue weighted by Gasteiger charge is -2.25. The van der Waals surface area contributed by atoms with Crippen molar-refractivity contribution in [3.05, 3.63) is 23.0 Å². The van der Waals surface area contributed by atoms with E-state index < -0.39 is 0 Å². The van der Waals surface area contributed by atoms with Crippen LogP contribution in [0.1, 0.15) is 42.5 Å². The van der Waals surface area contributed by atoms with Crippen LogP contribution in [-0.4, -0.2) is 10.5 Å². The number of aryl methyl sites for hydroxylation is 1. The van der Waals surface area contributed by atoms with Gasteiger partial charge in [0.2, 0.25) is 0 Å². The number of nitrogens with one attached hydrogen (secondary N) is 1. The van der Waals surface area contributed by atoms with Crippen molar-refractivity contribution in [3.8, 4) is 0 Å². The third-order valence-electron chi connectivity index (χ3n) is 2.48. The number of hydrogen-bond donors (Lipinski definition) is 2. The third-order valence-corrected chi connectivity index (χ3v) is 2.48. The molecule has 1 aromatic rings. The first-order chi connectivity index (χ1) is 6.79. The Kier molecular flexibility index (Phi) is 2.90. The molecule has 15 heavy (non-hydrogen) atoms. The van der Waals surface area contributed by atoms with Gasteiger partial charge in [0.15, 0.2) is 0 Å². The van der Waals surface area contributed by atoms with Gasteiger partial charge >= 0.3 is 0 Å². The molecule has 0 fully saturated rings. The minimum Gasteiger partial charge on any atom is -0.343 e. The summed E-state index contributed by atoms with van der Waals surface area (Å²) in [6, 6.07) is 1.86. The number of nitrogens with two attached hydrogens (primary N) is 1. The number of amides is 1. The highest BCUT2D eigenvalue weighted by Gasteiger charge is 2.22. The number of rotatable bonds is 1. The quantitative estimate of drug-likeness (QED) is 0.418. The Labute approximate surface area is 90.4 Å². The molecule has 0 aliphatic carbocycles. The van der Waals surface area contributed by atoms with E-state index in [0.29, 0.717) is 5.56 Å². The summed E-state index contributed by atoms with van der Waals surface area (Å²) in [5.41, 5.74) is 4.79. The van der Waals surface area contributed by atoms with Crippen LogP contribution in [0, 0.1) is 13.8 Å². The molecule has 1 aromatic heterocycles. The van der Waals surface area contributed by atoms with Crippen molar-refractivity contribution >= 4 is 5.91 Å². The fourth-order valence-corrected chi connectivity index (χ4v) is 2.10. The van der Waals surface area contributed by atoms with Gasteiger partial charge in [0, 0.05) is 16.9 Å². The Hall–Kier alpha value is -1.29. The molecule has 1 rings (SSSR count). The zero-order valence-electron chi connectivity index (χ0n) is 10.0. The lowest BCUT2D eigenvalue weighted by Crippen LogP contribution is -2.31. The highest BCUT2D eigenvalue weighted by Crippen LogP contribution is 2.24. The minimum atomic E-state index is -0.237. The van der Waals surface area contributed by atoms with Crippen molar-refractivity contribution in [1.29, 1.82) is 0 Å². The van der Waals surface area contributed by atoms with E-state index in [1.807, 2.05) is 19.9 Å². The fraction of sp³-hybridized carbons (Fsp3) is 0.545. The summed E-state index contributed by atoms with van der Waals surface area (Å²) in [7, 11) is 0. The molecule has 0 radical (unpaired) electrons. The Morgan fingerprint density at radius 1 is 1.40 bits per heavy atom. The first kappa shape index (κ1) is 11.8. The Balaban J connectivity index is 3.33. The van der Waals surface area contributed by atoms with Crippen LogP contribution < -0.4 is 11.3 Å². The molecular formula is C11H19N3O.